The largest absolute Gasteiger partial charge is 0.329 e. The molecule has 1 atom stereocenters. The van der Waals surface area contributed by atoms with Gasteiger partial charge < -0.3 is 0 Å². The maximum absolute atomic E-state index is 15.0. The Hall–Kier alpha value is -1.40. The molecule has 1 rings (SSSR count). The molecule has 0 spiro atoms. The highest BCUT2D eigenvalue weighted by Gasteiger charge is 2.54. The van der Waals surface area contributed by atoms with E-state index in [0.29, 0.717) is 19.8 Å². The number of hydrogen-bond acceptors (Lipinski definition) is 4. The molecule has 0 N–H and O–H groups in total. The van der Waals surface area contributed by atoms with Gasteiger partial charge in [-0.25, -0.2) is 9.69 Å². The van der Waals surface area contributed by atoms with Crippen molar-refractivity contribution in [3.8, 4) is 0 Å². The first-order valence-corrected chi connectivity index (χ1v) is 34.0. The second-order valence-electron chi connectivity index (χ2n) is 24.6. The van der Waals surface area contributed by atoms with E-state index in [1.165, 1.54) is 301 Å². The topological polar surface area (TPSA) is 47.1 Å². The molecule has 0 saturated carbocycles. The highest BCUT2D eigenvalue weighted by Crippen LogP contribution is 2.34. The van der Waals surface area contributed by atoms with E-state index < -0.39 is 5.54 Å². The molecule has 1 aliphatic rings. The van der Waals surface area contributed by atoms with Crippen LogP contribution in [0.1, 0.15) is 370 Å². The van der Waals surface area contributed by atoms with Crippen molar-refractivity contribution in [2.45, 2.75) is 375 Å². The molecule has 1 saturated heterocycles. The zero-order valence-corrected chi connectivity index (χ0v) is 51.8. The summed E-state index contributed by atoms with van der Waals surface area (Å²) in [7, 11) is 0. The van der Waals surface area contributed by atoms with Gasteiger partial charge in [-0.3, -0.25) is 19.5 Å². The Morgan fingerprint density at radius 2 is 0.595 bits per heavy atom. The normalized spacial score (nSPS) is 15.0. The summed E-state index contributed by atoms with van der Waals surface area (Å²) in [5.74, 6) is 0.0368. The number of hydrogen-bond donors (Lipinski definition) is 0. The summed E-state index contributed by atoms with van der Waals surface area (Å²) in [6.45, 7) is 20.6. The van der Waals surface area contributed by atoms with Gasteiger partial charge in [-0.1, -0.05) is 322 Å². The van der Waals surface area contributed by atoms with Crippen molar-refractivity contribution in [2.75, 3.05) is 39.5 Å². The zero-order chi connectivity index (χ0) is 53.8. The van der Waals surface area contributed by atoms with Gasteiger partial charge in [-0.2, -0.15) is 0 Å². The monoisotopic (exact) mass is 1040 g/mol. The van der Waals surface area contributed by atoms with E-state index in [9.17, 15) is 9.59 Å². The van der Waals surface area contributed by atoms with E-state index in [0.717, 1.165) is 45.4 Å². The second kappa shape index (κ2) is 52.3. The molecular weight excluding hydrogens is 905 g/mol. The predicted molar refractivity (Wildman–Crippen MR) is 328 cm³/mol. The standard InChI is InChI=1S/C68H134N4O2/c1-8-12-16-20-24-28-32-36-40-44-48-52-59-69(60-53-49-45-41-37-33-29-25-21-17-13-9-2)63-71-66(73)68(7,58-56-57-65(5)6)72(67(71)74)64-70(61-54-50-46-42-38-34-30-26-22-18-14-10-3)62-55-51-47-43-39-35-31-27-23-19-15-11-4/h57H,8-56,58-64H2,1-7H3. The maximum atomic E-state index is 15.0. The van der Waals surface area contributed by atoms with Crippen LogP contribution in [0.3, 0.4) is 0 Å². The maximum Gasteiger partial charge on any atom is 0.329 e. The molecule has 0 radical (unpaired) electrons. The van der Waals surface area contributed by atoms with Gasteiger partial charge >= 0.3 is 6.03 Å². The molecule has 1 unspecified atom stereocenters. The van der Waals surface area contributed by atoms with Crippen molar-refractivity contribution in [2.24, 2.45) is 0 Å². The molecule has 1 aliphatic heterocycles. The van der Waals surface area contributed by atoms with Crippen LogP contribution in [0.5, 0.6) is 0 Å². The van der Waals surface area contributed by atoms with Crippen LogP contribution in [0.15, 0.2) is 11.6 Å². The fraction of sp³-hybridized carbons (Fsp3) is 0.941. The molecule has 3 amide bonds. The fourth-order valence-electron chi connectivity index (χ4n) is 11.7. The minimum absolute atomic E-state index is 0.0368. The van der Waals surface area contributed by atoms with Gasteiger partial charge in [0.05, 0.1) is 13.3 Å². The third-order valence-corrected chi connectivity index (χ3v) is 16.9. The van der Waals surface area contributed by atoms with E-state index in [1.807, 2.05) is 4.90 Å². The lowest BCUT2D eigenvalue weighted by Crippen LogP contribution is -2.51. The van der Waals surface area contributed by atoms with E-state index in [2.05, 4.69) is 64.3 Å². The zero-order valence-electron chi connectivity index (χ0n) is 51.8. The van der Waals surface area contributed by atoms with E-state index in [1.54, 1.807) is 4.90 Å². The molecule has 74 heavy (non-hydrogen) atoms. The molecule has 0 aromatic carbocycles. The van der Waals surface area contributed by atoms with Crippen molar-refractivity contribution < 1.29 is 9.59 Å². The number of carbonyl (C=O) groups excluding carboxylic acids is 2. The first-order chi connectivity index (χ1) is 36.2. The molecule has 1 heterocycles. The second-order valence-corrected chi connectivity index (χ2v) is 24.6. The Kier molecular flexibility index (Phi) is 49.9. The summed E-state index contributed by atoms with van der Waals surface area (Å²) in [4.78, 5) is 38.7. The molecule has 438 valence electrons. The number of amides is 3. The van der Waals surface area contributed by atoms with Gasteiger partial charge in [0.15, 0.2) is 0 Å². The SMILES string of the molecule is CCCCCCCCCCCCCCN(CCCCCCCCCCCCCC)CN1C(=O)N(CN(CCCCCCCCCCCCCC)CCCCCCCCCCCCCC)C(C)(CCC=C(C)C)C1=O. The van der Waals surface area contributed by atoms with Crippen molar-refractivity contribution in [1.29, 1.82) is 0 Å². The molecule has 0 bridgehead atoms. The number of unbranched alkanes of at least 4 members (excludes halogenated alkanes) is 44. The minimum Gasteiger partial charge on any atom is -0.297 e. The van der Waals surface area contributed by atoms with Crippen LogP contribution >= 0.6 is 0 Å². The average molecular weight is 1040 g/mol. The van der Waals surface area contributed by atoms with Crippen molar-refractivity contribution in [3.05, 3.63) is 11.6 Å². The van der Waals surface area contributed by atoms with E-state index in [4.69, 9.17) is 0 Å². The summed E-state index contributed by atoms with van der Waals surface area (Å²) < 4.78 is 0. The number of allylic oxidation sites excluding steroid dienone is 2. The Labute approximate surface area is 465 Å². The lowest BCUT2D eigenvalue weighted by Gasteiger charge is -2.36. The van der Waals surface area contributed by atoms with Gasteiger partial charge in [-0.15, -0.1) is 0 Å². The summed E-state index contributed by atoms with van der Waals surface area (Å²) in [5, 5.41) is 0. The van der Waals surface area contributed by atoms with Crippen molar-refractivity contribution in [1.82, 2.24) is 19.6 Å². The molecule has 6 heteroatoms. The lowest BCUT2D eigenvalue weighted by molar-refractivity contribution is -0.134. The van der Waals surface area contributed by atoms with Crippen LogP contribution in [-0.2, 0) is 4.79 Å². The Bertz CT molecular complexity index is 1190. The highest BCUT2D eigenvalue weighted by molar-refractivity contribution is 6.06. The van der Waals surface area contributed by atoms with Crippen LogP contribution in [-0.4, -0.2) is 76.6 Å². The van der Waals surface area contributed by atoms with Crippen molar-refractivity contribution >= 4 is 11.9 Å². The predicted octanol–water partition coefficient (Wildman–Crippen LogP) is 22.1. The first kappa shape index (κ1) is 70.6. The van der Waals surface area contributed by atoms with Crippen LogP contribution < -0.4 is 0 Å². The Balaban J connectivity index is 3.03. The minimum atomic E-state index is -0.827. The summed E-state index contributed by atoms with van der Waals surface area (Å²) in [6.07, 6.45) is 68.4. The van der Waals surface area contributed by atoms with Gasteiger partial charge in [0.1, 0.15) is 5.54 Å². The van der Waals surface area contributed by atoms with Crippen LogP contribution in [0, 0.1) is 0 Å². The van der Waals surface area contributed by atoms with Gasteiger partial charge in [0.2, 0.25) is 0 Å². The van der Waals surface area contributed by atoms with Gasteiger partial charge in [0, 0.05) is 0 Å². The number of urea groups is 1. The summed E-state index contributed by atoms with van der Waals surface area (Å²) in [5.41, 5.74) is 0.455. The number of carbonyl (C=O) groups is 2. The summed E-state index contributed by atoms with van der Waals surface area (Å²) >= 11 is 0. The number of rotatable bonds is 59. The molecule has 0 aromatic rings. The van der Waals surface area contributed by atoms with Crippen LogP contribution in [0.25, 0.3) is 0 Å². The quantitative estimate of drug-likeness (QED) is 0.0346. The molecule has 0 aromatic heterocycles. The molecule has 0 aliphatic carbocycles. The van der Waals surface area contributed by atoms with Gasteiger partial charge in [-0.05, 0) is 85.5 Å². The molecule has 6 nitrogen and oxygen atoms in total. The van der Waals surface area contributed by atoms with Crippen LogP contribution in [0.2, 0.25) is 0 Å². The first-order valence-electron chi connectivity index (χ1n) is 34.0. The summed E-state index contributed by atoms with van der Waals surface area (Å²) in [6, 6.07) is -0.0431. The van der Waals surface area contributed by atoms with E-state index >= 15 is 0 Å². The third-order valence-electron chi connectivity index (χ3n) is 16.9. The average Bonchev–Trinajstić information content (AvgIpc) is 3.55. The molecule has 1 fully saturated rings. The van der Waals surface area contributed by atoms with Crippen LogP contribution in [0.4, 0.5) is 4.79 Å². The number of imide groups is 1. The smallest absolute Gasteiger partial charge is 0.297 e. The third kappa shape index (κ3) is 39.0. The lowest BCUT2D eigenvalue weighted by atomic mass is 9.93. The Morgan fingerprint density at radius 1 is 0.365 bits per heavy atom. The Morgan fingerprint density at radius 3 is 0.838 bits per heavy atom. The highest BCUT2D eigenvalue weighted by atomic mass is 16.2. The fourth-order valence-corrected chi connectivity index (χ4v) is 11.7. The van der Waals surface area contributed by atoms with E-state index in [-0.39, 0.29) is 11.9 Å². The van der Waals surface area contributed by atoms with Crippen molar-refractivity contribution in [3.63, 3.8) is 0 Å². The van der Waals surface area contributed by atoms with Gasteiger partial charge in [0.25, 0.3) is 5.91 Å². The molecular formula is C68H134N4O2. The number of nitrogens with zero attached hydrogens (tertiary/aromatic N) is 4.